The summed E-state index contributed by atoms with van der Waals surface area (Å²) in [6.07, 6.45) is 3.41. The van der Waals surface area contributed by atoms with Crippen LogP contribution in [-0.2, 0) is 13.0 Å². The Morgan fingerprint density at radius 1 is 1.13 bits per heavy atom. The van der Waals surface area contributed by atoms with Crippen LogP contribution in [0.3, 0.4) is 0 Å². The molecule has 2 rings (SSSR count). The highest BCUT2D eigenvalue weighted by Crippen LogP contribution is 2.35. The van der Waals surface area contributed by atoms with Crippen molar-refractivity contribution >= 4 is 0 Å². The van der Waals surface area contributed by atoms with E-state index in [-0.39, 0.29) is 5.54 Å². The summed E-state index contributed by atoms with van der Waals surface area (Å²) < 4.78 is 0. The van der Waals surface area contributed by atoms with Crippen LogP contribution in [0, 0.1) is 0 Å². The van der Waals surface area contributed by atoms with Crippen molar-refractivity contribution in [2.45, 2.75) is 31.3 Å². The summed E-state index contributed by atoms with van der Waals surface area (Å²) in [7, 11) is 4.18. The molecule has 0 spiro atoms. The van der Waals surface area contributed by atoms with Crippen LogP contribution < -0.4 is 5.73 Å². The Labute approximate surface area is 92.1 Å². The first-order valence-corrected chi connectivity index (χ1v) is 5.59. The summed E-state index contributed by atoms with van der Waals surface area (Å²) in [6.45, 7) is 1.01. The van der Waals surface area contributed by atoms with Crippen molar-refractivity contribution in [2.75, 3.05) is 14.1 Å². The monoisotopic (exact) mass is 204 g/mol. The maximum Gasteiger partial charge on any atom is 0.0227 e. The highest BCUT2D eigenvalue weighted by Gasteiger charge is 2.37. The molecule has 1 saturated carbocycles. The van der Waals surface area contributed by atoms with Gasteiger partial charge in [-0.15, -0.1) is 0 Å². The molecular weight excluding hydrogens is 184 g/mol. The van der Waals surface area contributed by atoms with Crippen LogP contribution in [0.2, 0.25) is 0 Å². The quantitative estimate of drug-likeness (QED) is 0.810. The van der Waals surface area contributed by atoms with E-state index in [9.17, 15) is 0 Å². The van der Waals surface area contributed by atoms with Gasteiger partial charge < -0.3 is 10.6 Å². The topological polar surface area (TPSA) is 29.3 Å². The Morgan fingerprint density at radius 3 is 2.13 bits per heavy atom. The summed E-state index contributed by atoms with van der Waals surface area (Å²) in [5, 5.41) is 0. The molecule has 2 nitrogen and oxygen atoms in total. The molecule has 82 valence electrons. The van der Waals surface area contributed by atoms with E-state index in [1.54, 1.807) is 0 Å². The average molecular weight is 204 g/mol. The molecule has 0 heterocycles. The molecule has 2 heteroatoms. The lowest BCUT2D eigenvalue weighted by atomic mass is 10.0. The Balaban J connectivity index is 1.97. The first-order valence-electron chi connectivity index (χ1n) is 5.59. The fourth-order valence-electron chi connectivity index (χ4n) is 1.87. The fraction of sp³-hybridized carbons (Fsp3) is 0.538. The van der Waals surface area contributed by atoms with Crippen molar-refractivity contribution in [2.24, 2.45) is 5.73 Å². The van der Waals surface area contributed by atoms with E-state index in [1.165, 1.54) is 24.0 Å². The molecule has 0 unspecified atom stereocenters. The van der Waals surface area contributed by atoms with Gasteiger partial charge >= 0.3 is 0 Å². The average Bonchev–Trinajstić information content (AvgIpc) is 2.86. The van der Waals surface area contributed by atoms with Gasteiger partial charge in [-0.1, -0.05) is 24.3 Å². The standard InChI is InChI=1S/C13H20N2/c1-15(2)10-12-5-3-11(4-6-12)9-13(14)7-8-13/h3-6H,7-10,14H2,1-2H3. The van der Waals surface area contributed by atoms with Crippen molar-refractivity contribution in [1.29, 1.82) is 0 Å². The number of hydrogen-bond acceptors (Lipinski definition) is 2. The summed E-state index contributed by atoms with van der Waals surface area (Å²) in [5.41, 5.74) is 8.96. The maximum atomic E-state index is 6.09. The van der Waals surface area contributed by atoms with Crippen LogP contribution in [0.15, 0.2) is 24.3 Å². The van der Waals surface area contributed by atoms with Gasteiger partial charge in [-0.25, -0.2) is 0 Å². The molecule has 1 aliphatic rings. The molecule has 1 aromatic rings. The molecule has 0 aromatic heterocycles. The van der Waals surface area contributed by atoms with Gasteiger partial charge in [0.2, 0.25) is 0 Å². The minimum Gasteiger partial charge on any atom is -0.325 e. The zero-order valence-corrected chi connectivity index (χ0v) is 9.66. The van der Waals surface area contributed by atoms with Crippen molar-refractivity contribution in [1.82, 2.24) is 4.90 Å². The molecule has 1 aliphatic carbocycles. The Morgan fingerprint density at radius 2 is 1.67 bits per heavy atom. The molecule has 0 bridgehead atoms. The van der Waals surface area contributed by atoms with Gasteiger partial charge in [0.15, 0.2) is 0 Å². The Hall–Kier alpha value is -0.860. The van der Waals surface area contributed by atoms with Crippen LogP contribution in [0.1, 0.15) is 24.0 Å². The largest absolute Gasteiger partial charge is 0.325 e. The first kappa shape index (κ1) is 10.7. The minimum absolute atomic E-state index is 0.128. The summed E-state index contributed by atoms with van der Waals surface area (Å²) >= 11 is 0. The van der Waals surface area contributed by atoms with E-state index in [0.29, 0.717) is 0 Å². The molecule has 1 fully saturated rings. The highest BCUT2D eigenvalue weighted by molar-refractivity contribution is 5.25. The van der Waals surface area contributed by atoms with E-state index in [1.807, 2.05) is 0 Å². The second-order valence-corrected chi connectivity index (χ2v) is 5.09. The maximum absolute atomic E-state index is 6.09. The Bertz CT molecular complexity index is 323. The van der Waals surface area contributed by atoms with Crippen molar-refractivity contribution in [3.8, 4) is 0 Å². The van der Waals surface area contributed by atoms with Gasteiger partial charge in [-0.2, -0.15) is 0 Å². The zero-order valence-electron chi connectivity index (χ0n) is 9.66. The second kappa shape index (κ2) is 3.95. The number of benzene rings is 1. The van der Waals surface area contributed by atoms with Crippen LogP contribution in [-0.4, -0.2) is 24.5 Å². The molecule has 2 N–H and O–H groups in total. The zero-order chi connectivity index (χ0) is 10.9. The Kier molecular flexibility index (Phi) is 2.81. The summed E-state index contributed by atoms with van der Waals surface area (Å²) in [6, 6.07) is 8.85. The van der Waals surface area contributed by atoms with Crippen molar-refractivity contribution < 1.29 is 0 Å². The normalized spacial score (nSPS) is 18.1. The van der Waals surface area contributed by atoms with Gasteiger partial charge in [-0.05, 0) is 44.5 Å². The molecule has 0 atom stereocenters. The molecule has 0 radical (unpaired) electrons. The van der Waals surface area contributed by atoms with Crippen molar-refractivity contribution in [3.63, 3.8) is 0 Å². The molecule has 15 heavy (non-hydrogen) atoms. The van der Waals surface area contributed by atoms with Crippen LogP contribution in [0.5, 0.6) is 0 Å². The number of rotatable bonds is 4. The van der Waals surface area contributed by atoms with E-state index >= 15 is 0 Å². The predicted molar refractivity (Wildman–Crippen MR) is 63.7 cm³/mol. The van der Waals surface area contributed by atoms with Gasteiger partial charge in [0.05, 0.1) is 0 Å². The second-order valence-electron chi connectivity index (χ2n) is 5.09. The number of nitrogens with two attached hydrogens (primary N) is 1. The van der Waals surface area contributed by atoms with E-state index in [4.69, 9.17) is 5.73 Å². The molecule has 0 amide bonds. The van der Waals surface area contributed by atoms with E-state index < -0.39 is 0 Å². The predicted octanol–water partition coefficient (Wildman–Crippen LogP) is 1.78. The SMILES string of the molecule is CN(C)Cc1ccc(CC2(N)CC2)cc1. The van der Waals surface area contributed by atoms with Gasteiger partial charge in [0.1, 0.15) is 0 Å². The van der Waals surface area contributed by atoms with Gasteiger partial charge in [0, 0.05) is 12.1 Å². The van der Waals surface area contributed by atoms with Gasteiger partial charge in [0.25, 0.3) is 0 Å². The van der Waals surface area contributed by atoms with Crippen molar-refractivity contribution in [3.05, 3.63) is 35.4 Å². The third-order valence-corrected chi connectivity index (χ3v) is 2.97. The lowest BCUT2D eigenvalue weighted by Gasteiger charge is -2.11. The third-order valence-electron chi connectivity index (χ3n) is 2.97. The number of hydrogen-bond donors (Lipinski definition) is 1. The smallest absolute Gasteiger partial charge is 0.0227 e. The van der Waals surface area contributed by atoms with Crippen LogP contribution in [0.4, 0.5) is 0 Å². The molecule has 0 saturated heterocycles. The van der Waals surface area contributed by atoms with Gasteiger partial charge in [-0.3, -0.25) is 0 Å². The van der Waals surface area contributed by atoms with Crippen LogP contribution >= 0.6 is 0 Å². The first-order chi connectivity index (χ1) is 7.07. The number of nitrogens with zero attached hydrogens (tertiary/aromatic N) is 1. The lowest BCUT2D eigenvalue weighted by molar-refractivity contribution is 0.402. The van der Waals surface area contributed by atoms with E-state index in [0.717, 1.165) is 13.0 Å². The molecular formula is C13H20N2. The summed E-state index contributed by atoms with van der Waals surface area (Å²) in [5.74, 6) is 0. The minimum atomic E-state index is 0.128. The summed E-state index contributed by atoms with van der Waals surface area (Å²) in [4.78, 5) is 2.18. The molecule has 0 aliphatic heterocycles. The fourth-order valence-corrected chi connectivity index (χ4v) is 1.87. The molecule has 1 aromatic carbocycles. The highest BCUT2D eigenvalue weighted by atomic mass is 15.0. The van der Waals surface area contributed by atoms with Crippen LogP contribution in [0.25, 0.3) is 0 Å². The third kappa shape index (κ3) is 3.05. The van der Waals surface area contributed by atoms with E-state index in [2.05, 4.69) is 43.3 Å². The lowest BCUT2D eigenvalue weighted by Crippen LogP contribution is -2.24.